The molecule has 1 aromatic heterocycles. The zero-order valence-corrected chi connectivity index (χ0v) is 9.73. The Labute approximate surface area is 90.5 Å². The lowest BCUT2D eigenvalue weighted by Crippen LogP contribution is -2.02. The predicted molar refractivity (Wildman–Crippen MR) is 64.9 cm³/mol. The van der Waals surface area contributed by atoms with Crippen LogP contribution in [0, 0.1) is 0 Å². The van der Waals surface area contributed by atoms with Crippen molar-refractivity contribution in [3.8, 4) is 0 Å². The van der Waals surface area contributed by atoms with E-state index in [9.17, 15) is 0 Å². The zero-order valence-electron chi connectivity index (χ0n) is 8.92. The van der Waals surface area contributed by atoms with E-state index in [1.807, 2.05) is 24.0 Å². The Balaban J connectivity index is 2.55. The fourth-order valence-electron chi connectivity index (χ4n) is 1.21. The number of thioether (sulfide) groups is 1. The first kappa shape index (κ1) is 11.4. The highest BCUT2D eigenvalue weighted by Gasteiger charge is 2.00. The molecule has 78 valence electrons. The highest BCUT2D eigenvalue weighted by atomic mass is 32.2. The number of pyridine rings is 1. The Morgan fingerprint density at radius 1 is 1.43 bits per heavy atom. The maximum absolute atomic E-state index is 4.32. The smallest absolute Gasteiger partial charge is 0.129 e. The summed E-state index contributed by atoms with van der Waals surface area (Å²) in [6.45, 7) is 5.24. The molecule has 14 heavy (non-hydrogen) atoms. The molecule has 1 heterocycles. The van der Waals surface area contributed by atoms with Crippen molar-refractivity contribution in [2.45, 2.75) is 26.0 Å². The van der Waals surface area contributed by atoms with Crippen molar-refractivity contribution in [1.82, 2.24) is 4.98 Å². The third-order valence-corrected chi connectivity index (χ3v) is 3.05. The third-order valence-electron chi connectivity index (χ3n) is 1.84. The SMILES string of the molecule is CCCSCc1cccnc1NCC. The number of aromatic nitrogens is 1. The summed E-state index contributed by atoms with van der Waals surface area (Å²) in [5, 5.41) is 3.28. The first-order valence-corrected chi connectivity index (χ1v) is 6.29. The van der Waals surface area contributed by atoms with Crippen LogP contribution >= 0.6 is 11.8 Å². The van der Waals surface area contributed by atoms with Crippen LogP contribution in [-0.4, -0.2) is 17.3 Å². The molecule has 2 nitrogen and oxygen atoms in total. The van der Waals surface area contributed by atoms with E-state index in [4.69, 9.17) is 0 Å². The molecular weight excluding hydrogens is 192 g/mol. The molecule has 0 saturated heterocycles. The molecule has 0 fully saturated rings. The molecule has 0 aliphatic carbocycles. The predicted octanol–water partition coefficient (Wildman–Crippen LogP) is 3.16. The first-order chi connectivity index (χ1) is 6.88. The summed E-state index contributed by atoms with van der Waals surface area (Å²) >= 11 is 1.97. The molecule has 3 heteroatoms. The Morgan fingerprint density at radius 2 is 2.29 bits per heavy atom. The van der Waals surface area contributed by atoms with Crippen molar-refractivity contribution >= 4 is 17.6 Å². The highest BCUT2D eigenvalue weighted by molar-refractivity contribution is 7.98. The minimum atomic E-state index is 0.933. The van der Waals surface area contributed by atoms with Gasteiger partial charge >= 0.3 is 0 Å². The Hall–Kier alpha value is -0.700. The van der Waals surface area contributed by atoms with Gasteiger partial charge in [0.1, 0.15) is 5.82 Å². The molecule has 0 aromatic carbocycles. The van der Waals surface area contributed by atoms with E-state index in [0.29, 0.717) is 0 Å². The summed E-state index contributed by atoms with van der Waals surface area (Å²) in [7, 11) is 0. The van der Waals surface area contributed by atoms with E-state index in [0.717, 1.165) is 18.1 Å². The number of hydrogen-bond donors (Lipinski definition) is 1. The molecule has 1 N–H and O–H groups in total. The maximum Gasteiger partial charge on any atom is 0.129 e. The van der Waals surface area contributed by atoms with Crippen LogP contribution in [0.1, 0.15) is 25.8 Å². The van der Waals surface area contributed by atoms with E-state index < -0.39 is 0 Å². The minimum absolute atomic E-state index is 0.933. The van der Waals surface area contributed by atoms with Gasteiger partial charge in [0.15, 0.2) is 0 Å². The second-order valence-electron chi connectivity index (χ2n) is 3.09. The molecule has 0 bridgehead atoms. The summed E-state index contributed by atoms with van der Waals surface area (Å²) in [4.78, 5) is 4.32. The molecule has 0 atom stereocenters. The van der Waals surface area contributed by atoms with Gasteiger partial charge in [-0.15, -0.1) is 0 Å². The van der Waals surface area contributed by atoms with Gasteiger partial charge in [-0.3, -0.25) is 0 Å². The second-order valence-corrected chi connectivity index (χ2v) is 4.20. The van der Waals surface area contributed by atoms with Crippen LogP contribution in [0.15, 0.2) is 18.3 Å². The van der Waals surface area contributed by atoms with Gasteiger partial charge in [0.05, 0.1) is 0 Å². The van der Waals surface area contributed by atoms with Crippen molar-refractivity contribution < 1.29 is 0 Å². The van der Waals surface area contributed by atoms with Gasteiger partial charge in [0.25, 0.3) is 0 Å². The van der Waals surface area contributed by atoms with E-state index in [-0.39, 0.29) is 0 Å². The van der Waals surface area contributed by atoms with Crippen LogP contribution in [0.4, 0.5) is 5.82 Å². The van der Waals surface area contributed by atoms with Crippen LogP contribution in [-0.2, 0) is 5.75 Å². The number of hydrogen-bond acceptors (Lipinski definition) is 3. The average molecular weight is 210 g/mol. The molecule has 1 aromatic rings. The number of anilines is 1. The van der Waals surface area contributed by atoms with E-state index in [1.165, 1.54) is 17.7 Å². The van der Waals surface area contributed by atoms with E-state index in [2.05, 4.69) is 30.2 Å². The first-order valence-electron chi connectivity index (χ1n) is 5.14. The summed E-state index contributed by atoms with van der Waals surface area (Å²) in [6.07, 6.45) is 3.08. The van der Waals surface area contributed by atoms with Gasteiger partial charge in [-0.2, -0.15) is 11.8 Å². The molecule has 0 radical (unpaired) electrons. The van der Waals surface area contributed by atoms with Crippen LogP contribution in [0.2, 0.25) is 0 Å². The molecule has 0 amide bonds. The van der Waals surface area contributed by atoms with Crippen molar-refractivity contribution in [3.63, 3.8) is 0 Å². The zero-order chi connectivity index (χ0) is 10.2. The monoisotopic (exact) mass is 210 g/mol. The lowest BCUT2D eigenvalue weighted by Gasteiger charge is -2.08. The standard InChI is InChI=1S/C11H18N2S/c1-3-8-14-9-10-6-5-7-13-11(10)12-4-2/h5-7H,3-4,8-9H2,1-2H3,(H,12,13). The number of nitrogens with one attached hydrogen (secondary N) is 1. The third kappa shape index (κ3) is 3.58. The molecule has 1 rings (SSSR count). The summed E-state index contributed by atoms with van der Waals surface area (Å²) in [5.41, 5.74) is 1.31. The lowest BCUT2D eigenvalue weighted by atomic mass is 10.3. The molecular formula is C11H18N2S. The van der Waals surface area contributed by atoms with E-state index >= 15 is 0 Å². The Bertz CT molecular complexity index is 263. The van der Waals surface area contributed by atoms with Gasteiger partial charge in [-0.1, -0.05) is 13.0 Å². The van der Waals surface area contributed by atoms with Crippen molar-refractivity contribution in [2.75, 3.05) is 17.6 Å². The fraction of sp³-hybridized carbons (Fsp3) is 0.545. The Morgan fingerprint density at radius 3 is 3.00 bits per heavy atom. The van der Waals surface area contributed by atoms with Crippen LogP contribution in [0.25, 0.3) is 0 Å². The maximum atomic E-state index is 4.32. The molecule has 0 aliphatic rings. The van der Waals surface area contributed by atoms with Gasteiger partial charge in [0.2, 0.25) is 0 Å². The van der Waals surface area contributed by atoms with Crippen molar-refractivity contribution in [2.24, 2.45) is 0 Å². The lowest BCUT2D eigenvalue weighted by molar-refractivity contribution is 1.10. The topological polar surface area (TPSA) is 24.9 Å². The largest absolute Gasteiger partial charge is 0.370 e. The fourth-order valence-corrected chi connectivity index (χ4v) is 2.09. The van der Waals surface area contributed by atoms with Crippen LogP contribution < -0.4 is 5.32 Å². The van der Waals surface area contributed by atoms with Gasteiger partial charge in [-0.05, 0) is 25.2 Å². The second kappa shape index (κ2) is 6.71. The van der Waals surface area contributed by atoms with Gasteiger partial charge in [-0.25, -0.2) is 4.98 Å². The van der Waals surface area contributed by atoms with Gasteiger partial charge < -0.3 is 5.32 Å². The quantitative estimate of drug-likeness (QED) is 0.730. The summed E-state index contributed by atoms with van der Waals surface area (Å²) in [6, 6.07) is 4.15. The number of rotatable bonds is 6. The average Bonchev–Trinajstić information content (AvgIpc) is 2.21. The minimum Gasteiger partial charge on any atom is -0.370 e. The Kier molecular flexibility index (Phi) is 5.45. The molecule has 0 spiro atoms. The van der Waals surface area contributed by atoms with Crippen LogP contribution in [0.5, 0.6) is 0 Å². The molecule has 0 unspecified atom stereocenters. The van der Waals surface area contributed by atoms with Crippen molar-refractivity contribution in [3.05, 3.63) is 23.9 Å². The normalized spacial score (nSPS) is 10.1. The summed E-state index contributed by atoms with van der Waals surface area (Å²) < 4.78 is 0. The highest BCUT2D eigenvalue weighted by Crippen LogP contribution is 2.18. The molecule has 0 saturated carbocycles. The summed E-state index contributed by atoms with van der Waals surface area (Å²) in [5.74, 6) is 3.32. The number of nitrogens with zero attached hydrogens (tertiary/aromatic N) is 1. The van der Waals surface area contributed by atoms with E-state index in [1.54, 1.807) is 0 Å². The van der Waals surface area contributed by atoms with Gasteiger partial charge in [0, 0.05) is 24.1 Å². The van der Waals surface area contributed by atoms with Crippen molar-refractivity contribution in [1.29, 1.82) is 0 Å². The molecule has 0 aliphatic heterocycles. The van der Waals surface area contributed by atoms with Crippen LogP contribution in [0.3, 0.4) is 0 Å².